The Kier molecular flexibility index (Phi) is 5.15. The van der Waals surface area contributed by atoms with Gasteiger partial charge in [0.15, 0.2) is 5.76 Å². The first-order valence-electron chi connectivity index (χ1n) is 8.19. The van der Waals surface area contributed by atoms with E-state index in [1.54, 1.807) is 25.2 Å². The lowest BCUT2D eigenvalue weighted by atomic mass is 10.1. The number of carbonyl (C=O) groups is 1. The second kappa shape index (κ2) is 7.49. The summed E-state index contributed by atoms with van der Waals surface area (Å²) in [6.45, 7) is 2.56. The van der Waals surface area contributed by atoms with Crippen molar-refractivity contribution in [3.63, 3.8) is 0 Å². The van der Waals surface area contributed by atoms with E-state index in [9.17, 15) is 9.18 Å². The number of piperidine rings is 1. The van der Waals surface area contributed by atoms with Crippen molar-refractivity contribution in [2.45, 2.75) is 25.4 Å². The standard InChI is InChI=1S/C18H22FN3O2/c1-20-18(23)17-9-8-16(24-17)12-22-10-2-3-15(11-22)21-14-6-4-13(19)5-7-14/h4-9,15,21H,2-3,10-12H2,1H3,(H,20,23)/t15-/m0/s1. The molecule has 1 saturated heterocycles. The number of hydrogen-bond acceptors (Lipinski definition) is 4. The number of furan rings is 1. The lowest BCUT2D eigenvalue weighted by Gasteiger charge is -2.33. The van der Waals surface area contributed by atoms with Crippen LogP contribution in [0.1, 0.15) is 29.2 Å². The molecule has 0 spiro atoms. The molecule has 2 N–H and O–H groups in total. The van der Waals surface area contributed by atoms with Crippen LogP contribution in [0.3, 0.4) is 0 Å². The Morgan fingerprint density at radius 2 is 2.08 bits per heavy atom. The van der Waals surface area contributed by atoms with Gasteiger partial charge in [0, 0.05) is 25.3 Å². The number of anilines is 1. The molecule has 128 valence electrons. The number of carbonyl (C=O) groups excluding carboxylic acids is 1. The van der Waals surface area contributed by atoms with Gasteiger partial charge in [-0.3, -0.25) is 9.69 Å². The predicted molar refractivity (Wildman–Crippen MR) is 90.4 cm³/mol. The van der Waals surface area contributed by atoms with Gasteiger partial charge in [-0.25, -0.2) is 4.39 Å². The maximum atomic E-state index is 13.0. The average Bonchev–Trinajstić information content (AvgIpc) is 3.05. The number of nitrogens with one attached hydrogen (secondary N) is 2. The molecule has 0 unspecified atom stereocenters. The van der Waals surface area contributed by atoms with E-state index in [1.807, 2.05) is 6.07 Å². The molecule has 1 aromatic carbocycles. The third-order valence-corrected chi connectivity index (χ3v) is 4.21. The third-order valence-electron chi connectivity index (χ3n) is 4.21. The molecule has 1 fully saturated rings. The van der Waals surface area contributed by atoms with Crippen LogP contribution in [0, 0.1) is 5.82 Å². The molecule has 0 radical (unpaired) electrons. The largest absolute Gasteiger partial charge is 0.455 e. The minimum absolute atomic E-state index is 0.212. The van der Waals surface area contributed by atoms with Crippen LogP contribution in [0.4, 0.5) is 10.1 Å². The normalized spacial score (nSPS) is 18.3. The number of hydrogen-bond donors (Lipinski definition) is 2. The first-order chi connectivity index (χ1) is 11.6. The summed E-state index contributed by atoms with van der Waals surface area (Å²) < 4.78 is 18.6. The number of benzene rings is 1. The zero-order valence-electron chi connectivity index (χ0n) is 13.7. The maximum absolute atomic E-state index is 13.0. The Labute approximate surface area is 140 Å². The Morgan fingerprint density at radius 1 is 1.29 bits per heavy atom. The van der Waals surface area contributed by atoms with Crippen LogP contribution in [0.15, 0.2) is 40.8 Å². The van der Waals surface area contributed by atoms with Crippen LogP contribution < -0.4 is 10.6 Å². The summed E-state index contributed by atoms with van der Waals surface area (Å²) in [6.07, 6.45) is 2.16. The minimum atomic E-state index is -0.226. The highest BCUT2D eigenvalue weighted by Crippen LogP contribution is 2.19. The fraction of sp³-hybridized carbons (Fsp3) is 0.389. The van der Waals surface area contributed by atoms with Gasteiger partial charge >= 0.3 is 0 Å². The van der Waals surface area contributed by atoms with Crippen molar-refractivity contribution >= 4 is 11.6 Å². The molecule has 1 aliphatic heterocycles. The summed E-state index contributed by atoms with van der Waals surface area (Å²) in [5.41, 5.74) is 0.933. The van der Waals surface area contributed by atoms with Crippen LogP contribution in [0.2, 0.25) is 0 Å². The van der Waals surface area contributed by atoms with Crippen LogP contribution in [0.5, 0.6) is 0 Å². The molecule has 3 rings (SSSR count). The van der Waals surface area contributed by atoms with Gasteiger partial charge < -0.3 is 15.1 Å². The number of likely N-dealkylation sites (tertiary alicyclic amines) is 1. The fourth-order valence-corrected chi connectivity index (χ4v) is 3.03. The number of amides is 1. The van der Waals surface area contributed by atoms with Crippen LogP contribution in [-0.4, -0.2) is 37.0 Å². The maximum Gasteiger partial charge on any atom is 0.286 e. The van der Waals surface area contributed by atoms with E-state index in [4.69, 9.17) is 4.42 Å². The van der Waals surface area contributed by atoms with Crippen molar-refractivity contribution < 1.29 is 13.6 Å². The Bertz CT molecular complexity index is 684. The Morgan fingerprint density at radius 3 is 2.83 bits per heavy atom. The molecule has 1 aliphatic rings. The molecule has 6 heteroatoms. The highest BCUT2D eigenvalue weighted by molar-refractivity contribution is 5.91. The Balaban J connectivity index is 1.56. The van der Waals surface area contributed by atoms with Gasteiger partial charge in [0.2, 0.25) is 0 Å². The van der Waals surface area contributed by atoms with Crippen molar-refractivity contribution in [2.75, 3.05) is 25.5 Å². The fourth-order valence-electron chi connectivity index (χ4n) is 3.03. The van der Waals surface area contributed by atoms with E-state index in [0.29, 0.717) is 18.3 Å². The third kappa shape index (κ3) is 4.14. The number of halogens is 1. The summed E-state index contributed by atoms with van der Waals surface area (Å²) in [5.74, 6) is 0.688. The first kappa shape index (κ1) is 16.5. The van der Waals surface area contributed by atoms with E-state index in [-0.39, 0.29) is 11.7 Å². The summed E-state index contributed by atoms with van der Waals surface area (Å²) in [7, 11) is 1.58. The lowest BCUT2D eigenvalue weighted by molar-refractivity contribution is 0.0930. The van der Waals surface area contributed by atoms with E-state index in [0.717, 1.165) is 37.4 Å². The molecular formula is C18H22FN3O2. The van der Waals surface area contributed by atoms with Crippen molar-refractivity contribution in [3.05, 3.63) is 53.7 Å². The first-order valence-corrected chi connectivity index (χ1v) is 8.19. The smallest absolute Gasteiger partial charge is 0.286 e. The minimum Gasteiger partial charge on any atom is -0.455 e. The molecular weight excluding hydrogens is 309 g/mol. The summed E-state index contributed by atoms with van der Waals surface area (Å²) in [6, 6.07) is 10.3. The van der Waals surface area contributed by atoms with Crippen LogP contribution >= 0.6 is 0 Å². The van der Waals surface area contributed by atoms with Gasteiger partial charge in [0.05, 0.1) is 6.54 Å². The van der Waals surface area contributed by atoms with Crippen LogP contribution in [0.25, 0.3) is 0 Å². The molecule has 0 saturated carbocycles. The van der Waals surface area contributed by atoms with Gasteiger partial charge in [0.1, 0.15) is 11.6 Å². The summed E-state index contributed by atoms with van der Waals surface area (Å²) in [5, 5.41) is 6.01. The van der Waals surface area contributed by atoms with E-state index in [1.165, 1.54) is 12.1 Å². The van der Waals surface area contributed by atoms with Gasteiger partial charge in [-0.2, -0.15) is 0 Å². The van der Waals surface area contributed by atoms with Crippen molar-refractivity contribution in [2.24, 2.45) is 0 Å². The molecule has 1 amide bonds. The van der Waals surface area contributed by atoms with E-state index < -0.39 is 0 Å². The second-order valence-corrected chi connectivity index (χ2v) is 6.07. The van der Waals surface area contributed by atoms with E-state index >= 15 is 0 Å². The highest BCUT2D eigenvalue weighted by atomic mass is 19.1. The summed E-state index contributed by atoms with van der Waals surface area (Å²) >= 11 is 0. The quantitative estimate of drug-likeness (QED) is 0.884. The van der Waals surface area contributed by atoms with Crippen LogP contribution in [-0.2, 0) is 6.54 Å². The molecule has 24 heavy (non-hydrogen) atoms. The van der Waals surface area contributed by atoms with Gasteiger partial charge in [-0.15, -0.1) is 0 Å². The molecule has 1 atom stereocenters. The number of nitrogens with zero attached hydrogens (tertiary/aromatic N) is 1. The monoisotopic (exact) mass is 331 g/mol. The van der Waals surface area contributed by atoms with Gasteiger partial charge in [0.25, 0.3) is 5.91 Å². The molecule has 2 aromatic rings. The van der Waals surface area contributed by atoms with Gasteiger partial charge in [-0.05, 0) is 55.8 Å². The molecule has 0 aliphatic carbocycles. The van der Waals surface area contributed by atoms with Crippen molar-refractivity contribution in [3.8, 4) is 0 Å². The van der Waals surface area contributed by atoms with Crippen molar-refractivity contribution in [1.82, 2.24) is 10.2 Å². The molecule has 0 bridgehead atoms. The lowest BCUT2D eigenvalue weighted by Crippen LogP contribution is -2.41. The highest BCUT2D eigenvalue weighted by Gasteiger charge is 2.21. The zero-order chi connectivity index (χ0) is 16.9. The van der Waals surface area contributed by atoms with Crippen molar-refractivity contribution in [1.29, 1.82) is 0 Å². The van der Waals surface area contributed by atoms with E-state index in [2.05, 4.69) is 15.5 Å². The molecule has 2 heterocycles. The topological polar surface area (TPSA) is 57.5 Å². The zero-order valence-corrected chi connectivity index (χ0v) is 13.7. The number of rotatable bonds is 5. The molecule has 1 aromatic heterocycles. The average molecular weight is 331 g/mol. The Hall–Kier alpha value is -2.34. The SMILES string of the molecule is CNC(=O)c1ccc(CN2CCC[C@H](Nc3ccc(F)cc3)C2)o1. The molecule has 5 nitrogen and oxygen atoms in total. The summed E-state index contributed by atoms with van der Waals surface area (Å²) in [4.78, 5) is 13.8. The van der Waals surface area contributed by atoms with Gasteiger partial charge in [-0.1, -0.05) is 0 Å². The second-order valence-electron chi connectivity index (χ2n) is 6.07. The predicted octanol–water partition coefficient (Wildman–Crippen LogP) is 2.85.